The SMILES string of the molecule is COc1ccc(S(=O)(=O)c2ccc3c(c2)C2OC2C(C)(C)O3)cc1. The quantitative estimate of drug-likeness (QED) is 0.799. The van der Waals surface area contributed by atoms with E-state index in [1.165, 1.54) is 0 Å². The number of hydrogen-bond donors (Lipinski definition) is 0. The molecule has 4 rings (SSSR count). The van der Waals surface area contributed by atoms with Crippen LogP contribution < -0.4 is 9.47 Å². The average molecular weight is 346 g/mol. The highest BCUT2D eigenvalue weighted by molar-refractivity contribution is 7.91. The van der Waals surface area contributed by atoms with Gasteiger partial charge in [-0.3, -0.25) is 0 Å². The Bertz CT molecular complexity index is 900. The Morgan fingerprint density at radius 1 is 1.04 bits per heavy atom. The van der Waals surface area contributed by atoms with Gasteiger partial charge in [0.05, 0.1) is 16.9 Å². The molecule has 0 bridgehead atoms. The van der Waals surface area contributed by atoms with Crippen LogP contribution in [0.25, 0.3) is 0 Å². The molecule has 0 spiro atoms. The van der Waals surface area contributed by atoms with Crippen LogP contribution in [0.2, 0.25) is 0 Å². The first-order valence-electron chi connectivity index (χ1n) is 7.70. The van der Waals surface area contributed by atoms with Crippen LogP contribution in [0, 0.1) is 0 Å². The molecule has 6 heteroatoms. The molecule has 0 saturated carbocycles. The summed E-state index contributed by atoms with van der Waals surface area (Å²) in [5.41, 5.74) is 0.405. The van der Waals surface area contributed by atoms with Crippen LogP contribution in [-0.2, 0) is 14.6 Å². The Labute approximate surface area is 141 Å². The number of benzene rings is 2. The Kier molecular flexibility index (Phi) is 3.21. The van der Waals surface area contributed by atoms with Crippen LogP contribution in [0.5, 0.6) is 11.5 Å². The number of rotatable bonds is 3. The minimum absolute atomic E-state index is 0.0241. The molecular weight excluding hydrogens is 328 g/mol. The number of fused-ring (bicyclic) bond motifs is 3. The second-order valence-electron chi connectivity index (χ2n) is 6.56. The van der Waals surface area contributed by atoms with Gasteiger partial charge >= 0.3 is 0 Å². The standard InChI is InChI=1S/C18H18O5S/c1-18(2)17-16(22-17)14-10-13(8-9-15(14)23-18)24(19,20)12-6-4-11(21-3)5-7-12/h4-10,16-17H,1-3H3. The van der Waals surface area contributed by atoms with Crippen LogP contribution in [0.15, 0.2) is 52.3 Å². The van der Waals surface area contributed by atoms with Crippen molar-refractivity contribution in [3.63, 3.8) is 0 Å². The molecular formula is C18H18O5S. The first-order valence-corrected chi connectivity index (χ1v) is 9.19. The lowest BCUT2D eigenvalue weighted by Gasteiger charge is -2.29. The van der Waals surface area contributed by atoms with Gasteiger partial charge in [0.2, 0.25) is 9.84 Å². The second-order valence-corrected chi connectivity index (χ2v) is 8.51. The summed E-state index contributed by atoms with van der Waals surface area (Å²) >= 11 is 0. The van der Waals surface area contributed by atoms with E-state index in [1.54, 1.807) is 49.6 Å². The van der Waals surface area contributed by atoms with Crippen molar-refractivity contribution in [3.8, 4) is 11.5 Å². The maximum atomic E-state index is 12.8. The van der Waals surface area contributed by atoms with Gasteiger partial charge in [-0.05, 0) is 56.3 Å². The van der Waals surface area contributed by atoms with Crippen molar-refractivity contribution in [1.29, 1.82) is 0 Å². The number of sulfone groups is 1. The molecule has 1 fully saturated rings. The first kappa shape index (κ1) is 15.5. The molecule has 5 nitrogen and oxygen atoms in total. The second kappa shape index (κ2) is 4.97. The fraction of sp³-hybridized carbons (Fsp3) is 0.333. The van der Waals surface area contributed by atoms with E-state index >= 15 is 0 Å². The lowest BCUT2D eigenvalue weighted by molar-refractivity contribution is 0.0724. The van der Waals surface area contributed by atoms with E-state index < -0.39 is 15.4 Å². The van der Waals surface area contributed by atoms with Crippen LogP contribution in [0.4, 0.5) is 0 Å². The third-order valence-corrected chi connectivity index (χ3v) is 6.28. The molecule has 0 radical (unpaired) electrons. The summed E-state index contributed by atoms with van der Waals surface area (Å²) in [6.07, 6.45) is -0.112. The predicted molar refractivity (Wildman–Crippen MR) is 87.2 cm³/mol. The summed E-state index contributed by atoms with van der Waals surface area (Å²) in [5, 5.41) is 0. The van der Waals surface area contributed by atoms with Crippen LogP contribution in [0.3, 0.4) is 0 Å². The summed E-state index contributed by atoms with van der Waals surface area (Å²) in [7, 11) is -2.06. The largest absolute Gasteiger partial charge is 0.497 e. The predicted octanol–water partition coefficient (Wildman–Crippen LogP) is 3.14. The van der Waals surface area contributed by atoms with E-state index in [4.69, 9.17) is 14.2 Å². The van der Waals surface area contributed by atoms with E-state index in [-0.39, 0.29) is 22.0 Å². The molecule has 0 N–H and O–H groups in total. The normalized spacial score (nSPS) is 23.6. The maximum absolute atomic E-state index is 12.8. The zero-order valence-electron chi connectivity index (χ0n) is 13.6. The molecule has 1 saturated heterocycles. The van der Waals surface area contributed by atoms with Crippen LogP contribution in [-0.4, -0.2) is 27.2 Å². The summed E-state index contributed by atoms with van der Waals surface area (Å²) in [5.74, 6) is 1.30. The number of epoxide rings is 1. The van der Waals surface area contributed by atoms with Gasteiger partial charge in [-0.1, -0.05) is 0 Å². The van der Waals surface area contributed by atoms with E-state index in [2.05, 4.69) is 0 Å². The summed E-state index contributed by atoms with van der Waals surface area (Å²) in [6, 6.07) is 11.3. The minimum Gasteiger partial charge on any atom is -0.497 e. The zero-order valence-corrected chi connectivity index (χ0v) is 14.5. The fourth-order valence-electron chi connectivity index (χ4n) is 3.12. The Morgan fingerprint density at radius 3 is 2.38 bits per heavy atom. The van der Waals surface area contributed by atoms with Crippen molar-refractivity contribution < 1.29 is 22.6 Å². The lowest BCUT2D eigenvalue weighted by atomic mass is 9.94. The minimum atomic E-state index is -3.60. The summed E-state index contributed by atoms with van der Waals surface area (Å²) in [6.45, 7) is 3.95. The van der Waals surface area contributed by atoms with E-state index in [0.717, 1.165) is 5.56 Å². The molecule has 24 heavy (non-hydrogen) atoms. The maximum Gasteiger partial charge on any atom is 0.206 e. The molecule has 0 aromatic heterocycles. The molecule has 2 aromatic carbocycles. The monoisotopic (exact) mass is 346 g/mol. The van der Waals surface area contributed by atoms with Crippen molar-refractivity contribution >= 4 is 9.84 Å². The fourth-order valence-corrected chi connectivity index (χ4v) is 4.41. The molecule has 126 valence electrons. The van der Waals surface area contributed by atoms with E-state index in [0.29, 0.717) is 11.5 Å². The van der Waals surface area contributed by atoms with Gasteiger partial charge < -0.3 is 14.2 Å². The van der Waals surface area contributed by atoms with Crippen molar-refractivity contribution in [1.82, 2.24) is 0 Å². The Balaban J connectivity index is 1.73. The zero-order chi connectivity index (χ0) is 17.1. The Hall–Kier alpha value is -2.05. The number of hydrogen-bond acceptors (Lipinski definition) is 5. The van der Waals surface area contributed by atoms with Gasteiger partial charge in [-0.25, -0.2) is 8.42 Å². The smallest absolute Gasteiger partial charge is 0.206 e. The van der Waals surface area contributed by atoms with Gasteiger partial charge in [0.15, 0.2) is 0 Å². The highest BCUT2D eigenvalue weighted by Crippen LogP contribution is 2.54. The van der Waals surface area contributed by atoms with E-state index in [9.17, 15) is 8.42 Å². The third kappa shape index (κ3) is 2.29. The molecule has 2 atom stereocenters. The van der Waals surface area contributed by atoms with Gasteiger partial charge in [0.25, 0.3) is 0 Å². The van der Waals surface area contributed by atoms with Gasteiger partial charge in [0, 0.05) is 5.56 Å². The Morgan fingerprint density at radius 2 is 1.71 bits per heavy atom. The summed E-state index contributed by atoms with van der Waals surface area (Å²) in [4.78, 5) is 0.470. The van der Waals surface area contributed by atoms with Crippen molar-refractivity contribution in [2.24, 2.45) is 0 Å². The molecule has 2 aromatic rings. The molecule has 2 aliphatic heterocycles. The van der Waals surface area contributed by atoms with Crippen LogP contribution in [0.1, 0.15) is 25.5 Å². The molecule has 2 unspecified atom stereocenters. The highest BCUT2D eigenvalue weighted by Gasteiger charge is 2.56. The van der Waals surface area contributed by atoms with E-state index in [1.807, 2.05) is 13.8 Å². The molecule has 2 heterocycles. The number of ether oxygens (including phenoxy) is 3. The van der Waals surface area contributed by atoms with Gasteiger partial charge in [0.1, 0.15) is 29.3 Å². The van der Waals surface area contributed by atoms with Crippen LogP contribution >= 0.6 is 0 Å². The van der Waals surface area contributed by atoms with Crippen molar-refractivity contribution in [2.45, 2.75) is 41.4 Å². The van der Waals surface area contributed by atoms with Gasteiger partial charge in [-0.2, -0.15) is 0 Å². The van der Waals surface area contributed by atoms with Crippen molar-refractivity contribution in [2.75, 3.05) is 7.11 Å². The average Bonchev–Trinajstić information content (AvgIpc) is 3.36. The lowest BCUT2D eigenvalue weighted by Crippen LogP contribution is -2.37. The first-order chi connectivity index (χ1) is 11.3. The molecule has 2 aliphatic rings. The van der Waals surface area contributed by atoms with Crippen molar-refractivity contribution in [3.05, 3.63) is 48.0 Å². The third-order valence-electron chi connectivity index (χ3n) is 4.52. The number of methoxy groups -OCH3 is 1. The highest BCUT2D eigenvalue weighted by atomic mass is 32.2. The summed E-state index contributed by atoms with van der Waals surface area (Å²) < 4.78 is 42.4. The topological polar surface area (TPSA) is 65.1 Å². The van der Waals surface area contributed by atoms with Gasteiger partial charge in [-0.15, -0.1) is 0 Å². The molecule has 0 aliphatic carbocycles. The molecule has 0 amide bonds.